The monoisotopic (exact) mass is 234 g/mol. The van der Waals surface area contributed by atoms with Gasteiger partial charge in [-0.1, -0.05) is 12.8 Å². The molecule has 0 aromatic carbocycles. The van der Waals surface area contributed by atoms with Gasteiger partial charge >= 0.3 is 0 Å². The van der Waals surface area contributed by atoms with E-state index in [2.05, 4.69) is 0 Å². The van der Waals surface area contributed by atoms with Gasteiger partial charge in [-0.15, -0.1) is 0 Å². The number of halogens is 2. The van der Waals surface area contributed by atoms with Gasteiger partial charge in [0.15, 0.2) is 0 Å². The highest BCUT2D eigenvalue weighted by molar-refractivity contribution is 5.80. The quantitative estimate of drug-likeness (QED) is 0.806. The largest absolute Gasteiger partial charge is 0.340 e. The predicted octanol–water partition coefficient (Wildman–Crippen LogP) is 1.62. The molecule has 0 aromatic heterocycles. The summed E-state index contributed by atoms with van der Waals surface area (Å²) < 4.78 is 24.4. The van der Waals surface area contributed by atoms with Crippen LogP contribution in [0.2, 0.25) is 0 Å². The van der Waals surface area contributed by atoms with E-state index in [1.807, 2.05) is 6.92 Å². The lowest BCUT2D eigenvalue weighted by atomic mass is 9.74. The van der Waals surface area contributed by atoms with E-state index in [4.69, 9.17) is 5.73 Å². The maximum atomic E-state index is 12.2. The van der Waals surface area contributed by atoms with Gasteiger partial charge in [-0.2, -0.15) is 0 Å². The first-order valence-corrected chi connectivity index (χ1v) is 5.66. The minimum absolute atomic E-state index is 0.245. The van der Waals surface area contributed by atoms with Crippen LogP contribution in [-0.2, 0) is 4.79 Å². The van der Waals surface area contributed by atoms with Gasteiger partial charge in [0.2, 0.25) is 5.91 Å². The highest BCUT2D eigenvalue weighted by Gasteiger charge is 2.39. The minimum atomic E-state index is -2.48. The van der Waals surface area contributed by atoms with Crippen LogP contribution in [0.5, 0.6) is 0 Å². The molecule has 0 spiro atoms. The molecule has 16 heavy (non-hydrogen) atoms. The van der Waals surface area contributed by atoms with E-state index < -0.39 is 18.5 Å². The molecule has 2 N–H and O–H groups in total. The molecule has 5 heteroatoms. The molecule has 3 nitrogen and oxygen atoms in total. The van der Waals surface area contributed by atoms with E-state index in [1.54, 1.807) is 0 Å². The molecule has 0 saturated heterocycles. The number of hydrogen-bond acceptors (Lipinski definition) is 2. The average Bonchev–Trinajstić information content (AvgIpc) is 2.15. The molecule has 0 heterocycles. The molecule has 0 radical (unpaired) electrons. The zero-order valence-electron chi connectivity index (χ0n) is 9.88. The maximum Gasteiger partial charge on any atom is 0.255 e. The Kier molecular flexibility index (Phi) is 4.24. The number of carbonyl (C=O) groups excluding carboxylic acids is 1. The summed E-state index contributed by atoms with van der Waals surface area (Å²) in [6.45, 7) is 1.33. The molecule has 1 aliphatic carbocycles. The Hall–Kier alpha value is -0.710. The Morgan fingerprint density at radius 2 is 2.19 bits per heavy atom. The zero-order valence-corrected chi connectivity index (χ0v) is 9.88. The first-order chi connectivity index (χ1) is 7.34. The highest BCUT2D eigenvalue weighted by atomic mass is 19.3. The molecule has 0 aromatic rings. The van der Waals surface area contributed by atoms with Crippen LogP contribution in [-0.4, -0.2) is 36.4 Å². The number of alkyl halides is 2. The second-order valence-corrected chi connectivity index (χ2v) is 4.91. The van der Waals surface area contributed by atoms with Crippen molar-refractivity contribution in [2.45, 2.75) is 44.6 Å². The summed E-state index contributed by atoms with van der Waals surface area (Å²) >= 11 is 0. The fourth-order valence-electron chi connectivity index (χ4n) is 2.33. The Morgan fingerprint density at radius 3 is 2.69 bits per heavy atom. The van der Waals surface area contributed by atoms with Crippen LogP contribution in [0.25, 0.3) is 0 Å². The normalized spacial score (nSPS) is 30.5. The summed E-state index contributed by atoms with van der Waals surface area (Å²) in [7, 11) is 1.42. The van der Waals surface area contributed by atoms with Gasteiger partial charge in [-0.3, -0.25) is 4.79 Å². The van der Waals surface area contributed by atoms with Crippen molar-refractivity contribution in [3.63, 3.8) is 0 Å². The Labute approximate surface area is 95.0 Å². The number of carbonyl (C=O) groups is 1. The van der Waals surface area contributed by atoms with Gasteiger partial charge < -0.3 is 10.6 Å². The van der Waals surface area contributed by atoms with Crippen LogP contribution in [0.4, 0.5) is 8.78 Å². The Bertz CT molecular complexity index is 256. The number of hydrogen-bond donors (Lipinski definition) is 1. The molecule has 2 atom stereocenters. The molecule has 94 valence electrons. The highest BCUT2D eigenvalue weighted by Crippen LogP contribution is 2.32. The molecular weight excluding hydrogens is 214 g/mol. The van der Waals surface area contributed by atoms with Gasteiger partial charge in [0.25, 0.3) is 6.43 Å². The number of nitrogens with two attached hydrogens (primary N) is 1. The fraction of sp³-hybridized carbons (Fsp3) is 0.909. The van der Waals surface area contributed by atoms with E-state index >= 15 is 0 Å². The van der Waals surface area contributed by atoms with Gasteiger partial charge in [-0.05, 0) is 19.8 Å². The minimum Gasteiger partial charge on any atom is -0.340 e. The molecule has 1 aliphatic rings. The third-order valence-electron chi connectivity index (χ3n) is 3.34. The first kappa shape index (κ1) is 13.4. The lowest BCUT2D eigenvalue weighted by molar-refractivity contribution is -0.139. The average molecular weight is 234 g/mol. The van der Waals surface area contributed by atoms with E-state index in [0.717, 1.165) is 24.2 Å². The second kappa shape index (κ2) is 5.08. The van der Waals surface area contributed by atoms with Gasteiger partial charge in [0.05, 0.1) is 12.5 Å². The molecular formula is C11H20F2N2O. The van der Waals surface area contributed by atoms with E-state index in [-0.39, 0.29) is 11.8 Å². The first-order valence-electron chi connectivity index (χ1n) is 5.66. The van der Waals surface area contributed by atoms with Crippen molar-refractivity contribution in [1.82, 2.24) is 4.90 Å². The van der Waals surface area contributed by atoms with Crippen molar-refractivity contribution in [3.8, 4) is 0 Å². The summed E-state index contributed by atoms with van der Waals surface area (Å²) in [5, 5.41) is 0. The van der Waals surface area contributed by atoms with Crippen molar-refractivity contribution < 1.29 is 13.6 Å². The molecule has 1 amide bonds. The lowest BCUT2D eigenvalue weighted by Gasteiger charge is -2.39. The third kappa shape index (κ3) is 3.14. The van der Waals surface area contributed by atoms with Gasteiger partial charge in [-0.25, -0.2) is 8.78 Å². The standard InChI is InChI=1S/C11H20F2N2O/c1-11(14)6-4-3-5-8(11)10(16)15(2)7-9(12)13/h8-9H,3-7,14H2,1-2H3. The summed E-state index contributed by atoms with van der Waals surface area (Å²) in [5.41, 5.74) is 5.51. The Morgan fingerprint density at radius 1 is 1.56 bits per heavy atom. The molecule has 1 saturated carbocycles. The second-order valence-electron chi connectivity index (χ2n) is 4.91. The zero-order chi connectivity index (χ0) is 12.3. The van der Waals surface area contributed by atoms with Gasteiger partial charge in [0.1, 0.15) is 0 Å². The van der Waals surface area contributed by atoms with Crippen LogP contribution in [0.1, 0.15) is 32.6 Å². The van der Waals surface area contributed by atoms with Crippen molar-refractivity contribution in [1.29, 1.82) is 0 Å². The summed E-state index contributed by atoms with van der Waals surface area (Å²) in [6.07, 6.45) is 0.966. The van der Waals surface area contributed by atoms with E-state index in [0.29, 0.717) is 6.42 Å². The number of nitrogens with zero attached hydrogens (tertiary/aromatic N) is 1. The van der Waals surface area contributed by atoms with Crippen molar-refractivity contribution >= 4 is 5.91 Å². The predicted molar refractivity (Wildman–Crippen MR) is 58.2 cm³/mol. The SMILES string of the molecule is CN(CC(F)F)C(=O)C1CCCCC1(C)N. The molecule has 2 unspecified atom stereocenters. The molecule has 1 rings (SSSR count). The topological polar surface area (TPSA) is 46.3 Å². The van der Waals surface area contributed by atoms with Crippen LogP contribution >= 0.6 is 0 Å². The lowest BCUT2D eigenvalue weighted by Crippen LogP contribution is -2.53. The van der Waals surface area contributed by atoms with Crippen LogP contribution in [0.15, 0.2) is 0 Å². The Balaban J connectivity index is 2.64. The summed E-state index contributed by atoms with van der Waals surface area (Å²) in [5.74, 6) is -0.560. The van der Waals surface area contributed by atoms with Gasteiger partial charge in [0, 0.05) is 12.6 Å². The molecule has 0 bridgehead atoms. The summed E-state index contributed by atoms with van der Waals surface area (Å²) in [6, 6.07) is 0. The van der Waals surface area contributed by atoms with Crippen LogP contribution in [0, 0.1) is 5.92 Å². The van der Waals surface area contributed by atoms with E-state index in [9.17, 15) is 13.6 Å². The summed E-state index contributed by atoms with van der Waals surface area (Å²) in [4.78, 5) is 13.1. The van der Waals surface area contributed by atoms with Crippen LogP contribution in [0.3, 0.4) is 0 Å². The fourth-order valence-corrected chi connectivity index (χ4v) is 2.33. The number of amides is 1. The third-order valence-corrected chi connectivity index (χ3v) is 3.34. The van der Waals surface area contributed by atoms with Crippen molar-refractivity contribution in [3.05, 3.63) is 0 Å². The smallest absolute Gasteiger partial charge is 0.255 e. The molecule has 1 fully saturated rings. The maximum absolute atomic E-state index is 12.2. The van der Waals surface area contributed by atoms with E-state index in [1.165, 1.54) is 7.05 Å². The van der Waals surface area contributed by atoms with Crippen LogP contribution < -0.4 is 5.73 Å². The van der Waals surface area contributed by atoms with Crippen molar-refractivity contribution in [2.75, 3.05) is 13.6 Å². The molecule has 0 aliphatic heterocycles. The number of rotatable bonds is 3. The van der Waals surface area contributed by atoms with Crippen molar-refractivity contribution in [2.24, 2.45) is 11.7 Å².